The highest BCUT2D eigenvalue weighted by Gasteiger charge is 2.34. The summed E-state index contributed by atoms with van der Waals surface area (Å²) in [6, 6.07) is 0. The van der Waals surface area contributed by atoms with E-state index in [1.807, 2.05) is 0 Å². The fourth-order valence-corrected chi connectivity index (χ4v) is 1.80. The summed E-state index contributed by atoms with van der Waals surface area (Å²) >= 11 is 1.29. The molecule has 0 fully saturated rings. The number of aliphatic imine (C=N–C) groups is 1. The van der Waals surface area contributed by atoms with E-state index in [0.29, 0.717) is 0 Å². The van der Waals surface area contributed by atoms with Crippen molar-refractivity contribution < 1.29 is 19.1 Å². The first kappa shape index (κ1) is 13.8. The minimum absolute atomic E-state index is 0.402. The average molecular weight is 260 g/mol. The maximum Gasteiger partial charge on any atom is 0.408 e. The molecule has 1 rings (SSSR count). The predicted octanol–water partition coefficient (Wildman–Crippen LogP) is 1.15. The van der Waals surface area contributed by atoms with Gasteiger partial charge in [0.05, 0.1) is 0 Å². The zero-order valence-electron chi connectivity index (χ0n) is 10.2. The highest BCUT2D eigenvalue weighted by atomic mass is 32.2. The van der Waals surface area contributed by atoms with Gasteiger partial charge in [0, 0.05) is 0 Å². The van der Waals surface area contributed by atoms with Crippen LogP contribution in [0.15, 0.2) is 4.99 Å². The molecule has 2 amide bonds. The maximum atomic E-state index is 11.5. The molecular weight excluding hydrogens is 244 g/mol. The Morgan fingerprint density at radius 3 is 2.71 bits per heavy atom. The second-order valence-corrected chi connectivity index (χ2v) is 5.41. The van der Waals surface area contributed by atoms with Gasteiger partial charge in [0.25, 0.3) is 5.91 Å². The van der Waals surface area contributed by atoms with Gasteiger partial charge >= 0.3 is 6.09 Å². The number of carbonyl (C=O) groups excluding carboxylic acids is 2. The number of hydrogen-bond donors (Lipinski definition) is 1. The van der Waals surface area contributed by atoms with E-state index in [0.717, 1.165) is 6.40 Å². The van der Waals surface area contributed by atoms with Crippen LogP contribution in [0.2, 0.25) is 0 Å². The Morgan fingerprint density at radius 1 is 1.65 bits per heavy atom. The van der Waals surface area contributed by atoms with Crippen molar-refractivity contribution in [3.63, 3.8) is 0 Å². The summed E-state index contributed by atoms with van der Waals surface area (Å²) in [5, 5.41) is 2.06. The number of ether oxygens (including phenoxy) is 2. The number of alkyl carbamates (subject to hydrolysis) is 1. The number of carbonyl (C=O) groups is 2. The normalized spacial score (nSPS) is 20.9. The molecule has 0 saturated carbocycles. The quantitative estimate of drug-likeness (QED) is 0.770. The van der Waals surface area contributed by atoms with Crippen LogP contribution in [0.25, 0.3) is 0 Å². The largest absolute Gasteiger partial charge is 0.467 e. The molecular formula is C10H16N2O4S. The van der Waals surface area contributed by atoms with Gasteiger partial charge in [-0.2, -0.15) is 4.99 Å². The Morgan fingerprint density at radius 2 is 2.29 bits per heavy atom. The molecule has 6 nitrogen and oxygen atoms in total. The van der Waals surface area contributed by atoms with Crippen molar-refractivity contribution in [3.8, 4) is 0 Å². The third kappa shape index (κ3) is 4.26. The Kier molecular flexibility index (Phi) is 4.39. The van der Waals surface area contributed by atoms with E-state index < -0.39 is 29.1 Å². The minimum atomic E-state index is -0.780. The molecule has 2 atom stereocenters. The van der Waals surface area contributed by atoms with Crippen LogP contribution in [0.5, 0.6) is 0 Å². The van der Waals surface area contributed by atoms with Gasteiger partial charge < -0.3 is 14.8 Å². The topological polar surface area (TPSA) is 77.0 Å². The van der Waals surface area contributed by atoms with Crippen LogP contribution in [0, 0.1) is 0 Å². The Labute approximate surface area is 104 Å². The van der Waals surface area contributed by atoms with Crippen LogP contribution in [0.3, 0.4) is 0 Å². The number of nitrogens with zero attached hydrogens (tertiary/aromatic N) is 1. The van der Waals surface area contributed by atoms with Gasteiger partial charge in [0.1, 0.15) is 11.0 Å². The molecule has 96 valence electrons. The van der Waals surface area contributed by atoms with Crippen LogP contribution in [-0.4, -0.2) is 41.7 Å². The highest BCUT2D eigenvalue weighted by molar-refractivity contribution is 7.99. The summed E-state index contributed by atoms with van der Waals surface area (Å²) in [6.07, 6.45) is 1.49. The Bertz CT molecular complexity index is 338. The first-order valence-electron chi connectivity index (χ1n) is 5.07. The summed E-state index contributed by atoms with van der Waals surface area (Å²) in [4.78, 5) is 26.3. The van der Waals surface area contributed by atoms with E-state index in [2.05, 4.69) is 10.3 Å². The van der Waals surface area contributed by atoms with Gasteiger partial charge in [0.15, 0.2) is 6.40 Å². The van der Waals surface area contributed by atoms with Crippen LogP contribution in [-0.2, 0) is 14.3 Å². The fraction of sp³-hybridized carbons (Fsp3) is 0.700. The lowest BCUT2D eigenvalue weighted by atomic mass is 10.2. The summed E-state index contributed by atoms with van der Waals surface area (Å²) < 4.78 is 10.1. The number of rotatable bonds is 3. The molecule has 17 heavy (non-hydrogen) atoms. The maximum absolute atomic E-state index is 11.5. The second kappa shape index (κ2) is 5.39. The van der Waals surface area contributed by atoms with Crippen LogP contribution in [0.4, 0.5) is 4.79 Å². The van der Waals surface area contributed by atoms with E-state index in [1.54, 1.807) is 27.0 Å². The molecule has 7 heteroatoms. The molecule has 0 saturated heterocycles. The molecule has 2 unspecified atom stereocenters. The standard InChI is InChI=1S/C10H16N2O4S/c1-10(2,3)16-9(14)12-8(17-4)6-7(13)11-5-15-6/h5-6,8H,1-4H3,(H,12,14). The first-order chi connectivity index (χ1) is 7.83. The molecule has 1 aliphatic rings. The summed E-state index contributed by atoms with van der Waals surface area (Å²) in [7, 11) is 0. The molecule has 0 aromatic rings. The summed E-state index contributed by atoms with van der Waals surface area (Å²) in [5.74, 6) is -0.402. The van der Waals surface area contributed by atoms with Crippen LogP contribution < -0.4 is 5.32 Å². The lowest BCUT2D eigenvalue weighted by molar-refractivity contribution is -0.122. The fourth-order valence-electron chi connectivity index (χ4n) is 1.16. The smallest absolute Gasteiger partial charge is 0.408 e. The van der Waals surface area contributed by atoms with Crippen molar-refractivity contribution in [2.45, 2.75) is 37.9 Å². The number of thioether (sulfide) groups is 1. The third-order valence-corrected chi connectivity index (χ3v) is 2.69. The van der Waals surface area contributed by atoms with Crippen molar-refractivity contribution in [2.75, 3.05) is 6.26 Å². The zero-order chi connectivity index (χ0) is 13.1. The van der Waals surface area contributed by atoms with Crippen molar-refractivity contribution in [2.24, 2.45) is 4.99 Å². The van der Waals surface area contributed by atoms with Crippen LogP contribution in [0.1, 0.15) is 20.8 Å². The average Bonchev–Trinajstić information content (AvgIpc) is 2.58. The van der Waals surface area contributed by atoms with E-state index in [4.69, 9.17) is 9.47 Å². The lowest BCUT2D eigenvalue weighted by Gasteiger charge is -2.24. The predicted molar refractivity (Wildman–Crippen MR) is 65.0 cm³/mol. The molecule has 0 radical (unpaired) electrons. The number of nitrogens with one attached hydrogen (secondary N) is 1. The van der Waals surface area contributed by atoms with Gasteiger partial charge in [-0.05, 0) is 27.0 Å². The molecule has 0 aliphatic carbocycles. The Balaban J connectivity index is 2.53. The van der Waals surface area contributed by atoms with Gasteiger partial charge in [0.2, 0.25) is 6.10 Å². The molecule has 1 N–H and O–H groups in total. The van der Waals surface area contributed by atoms with Crippen LogP contribution >= 0.6 is 11.8 Å². The summed E-state index contributed by atoms with van der Waals surface area (Å²) in [6.45, 7) is 5.29. The van der Waals surface area contributed by atoms with Crippen molar-refractivity contribution in [3.05, 3.63) is 0 Å². The summed E-state index contributed by atoms with van der Waals surface area (Å²) in [5.41, 5.74) is -0.579. The van der Waals surface area contributed by atoms with Gasteiger partial charge in [-0.25, -0.2) is 4.79 Å². The minimum Gasteiger partial charge on any atom is -0.467 e. The number of hydrogen-bond acceptors (Lipinski definition) is 5. The van der Waals surface area contributed by atoms with Crippen molar-refractivity contribution in [1.29, 1.82) is 0 Å². The van der Waals surface area contributed by atoms with Gasteiger partial charge in [-0.15, -0.1) is 11.8 Å². The molecule has 0 aromatic heterocycles. The zero-order valence-corrected chi connectivity index (χ0v) is 11.0. The third-order valence-electron chi connectivity index (χ3n) is 1.82. The van der Waals surface area contributed by atoms with E-state index >= 15 is 0 Å². The molecule has 0 aromatic carbocycles. The van der Waals surface area contributed by atoms with E-state index in [9.17, 15) is 9.59 Å². The monoisotopic (exact) mass is 260 g/mol. The van der Waals surface area contributed by atoms with Gasteiger partial charge in [-0.1, -0.05) is 0 Å². The Hall–Kier alpha value is -1.24. The highest BCUT2D eigenvalue weighted by Crippen LogP contribution is 2.16. The van der Waals surface area contributed by atoms with E-state index in [-0.39, 0.29) is 0 Å². The molecule has 1 heterocycles. The van der Waals surface area contributed by atoms with Crippen molar-refractivity contribution in [1.82, 2.24) is 5.32 Å². The SMILES string of the molecule is CSC(NC(=O)OC(C)(C)C)C1OC=NC1=O. The first-order valence-corrected chi connectivity index (χ1v) is 6.36. The molecule has 1 aliphatic heterocycles. The number of amides is 2. The molecule has 0 bridgehead atoms. The second-order valence-electron chi connectivity index (χ2n) is 4.43. The van der Waals surface area contributed by atoms with Gasteiger partial charge in [-0.3, -0.25) is 4.79 Å². The van der Waals surface area contributed by atoms with Crippen molar-refractivity contribution >= 4 is 30.2 Å². The lowest BCUT2D eigenvalue weighted by Crippen LogP contribution is -2.45. The van der Waals surface area contributed by atoms with E-state index in [1.165, 1.54) is 11.8 Å². The molecule has 0 spiro atoms.